The van der Waals surface area contributed by atoms with Crippen LogP contribution in [0.5, 0.6) is 0 Å². The van der Waals surface area contributed by atoms with Crippen LogP contribution >= 0.6 is 11.6 Å². The summed E-state index contributed by atoms with van der Waals surface area (Å²) >= 11 is 5.60. The number of aliphatic hydroxyl groups is 1. The van der Waals surface area contributed by atoms with Crippen molar-refractivity contribution in [3.05, 3.63) is 34.1 Å². The van der Waals surface area contributed by atoms with Gasteiger partial charge in [0, 0.05) is 5.02 Å². The average molecular weight is 205 g/mol. The summed E-state index contributed by atoms with van der Waals surface area (Å²) in [5.41, 5.74) is 1.06. The molecule has 0 radical (unpaired) electrons. The van der Waals surface area contributed by atoms with Crippen molar-refractivity contribution >= 4 is 11.6 Å². The minimum atomic E-state index is -0.341. The lowest BCUT2D eigenvalue weighted by Gasteiger charge is -2.02. The van der Waals surface area contributed by atoms with Crippen LogP contribution in [0.1, 0.15) is 25.0 Å². The lowest BCUT2D eigenvalue weighted by molar-refractivity contribution is 0.281. The van der Waals surface area contributed by atoms with Gasteiger partial charge in [0.1, 0.15) is 5.82 Å². The summed E-state index contributed by atoms with van der Waals surface area (Å²) < 4.78 is 12.7. The molecule has 0 aliphatic rings. The van der Waals surface area contributed by atoms with Crippen LogP contribution in [0.15, 0.2) is 12.1 Å². The van der Waals surface area contributed by atoms with Crippen LogP contribution in [0.4, 0.5) is 4.39 Å². The molecule has 1 N–H and O–H groups in total. The van der Waals surface area contributed by atoms with Gasteiger partial charge in [-0.3, -0.25) is 0 Å². The Morgan fingerprint density at radius 1 is 1.38 bits per heavy atom. The van der Waals surface area contributed by atoms with E-state index in [1.54, 1.807) is 6.92 Å². The molecule has 0 spiro atoms. The molecule has 0 unspecified atom stereocenters. The molecule has 3 heteroatoms. The van der Waals surface area contributed by atoms with Crippen LogP contribution < -0.4 is 0 Å². The van der Waals surface area contributed by atoms with E-state index in [-0.39, 0.29) is 17.4 Å². The first-order chi connectivity index (χ1) is 6.15. The number of benzene rings is 1. The summed E-state index contributed by atoms with van der Waals surface area (Å²) in [6, 6.07) is 2.75. The fraction of sp³-hybridized carbons (Fsp3) is 0.400. The third-order valence-corrected chi connectivity index (χ3v) is 1.85. The van der Waals surface area contributed by atoms with Gasteiger partial charge in [-0.15, -0.1) is 0 Å². The lowest BCUT2D eigenvalue weighted by Crippen LogP contribution is -1.89. The van der Waals surface area contributed by atoms with Crippen LogP contribution in [0, 0.1) is 12.7 Å². The minimum Gasteiger partial charge on any atom is -0.392 e. The van der Waals surface area contributed by atoms with E-state index < -0.39 is 0 Å². The highest BCUT2D eigenvalue weighted by atomic mass is 35.5. The third-order valence-electron chi connectivity index (χ3n) is 1.50. The molecule has 0 atom stereocenters. The van der Waals surface area contributed by atoms with E-state index in [1.807, 2.05) is 13.8 Å². The van der Waals surface area contributed by atoms with Crippen molar-refractivity contribution in [3.8, 4) is 0 Å². The molecule has 13 heavy (non-hydrogen) atoms. The average Bonchev–Trinajstić information content (AvgIpc) is 2.15. The summed E-state index contributed by atoms with van der Waals surface area (Å²) in [5.74, 6) is -0.341. The van der Waals surface area contributed by atoms with Crippen molar-refractivity contribution < 1.29 is 9.50 Å². The van der Waals surface area contributed by atoms with Crippen LogP contribution in [0.3, 0.4) is 0 Å². The lowest BCUT2D eigenvalue weighted by atomic mass is 10.1. The summed E-state index contributed by atoms with van der Waals surface area (Å²) in [6.45, 7) is 5.48. The van der Waals surface area contributed by atoms with E-state index in [4.69, 9.17) is 16.7 Å². The second-order valence-corrected chi connectivity index (χ2v) is 2.76. The Bertz CT molecular complexity index is 274. The van der Waals surface area contributed by atoms with Crippen LogP contribution in [-0.2, 0) is 6.61 Å². The van der Waals surface area contributed by atoms with Gasteiger partial charge in [0.15, 0.2) is 0 Å². The minimum absolute atomic E-state index is 0.153. The Kier molecular flexibility index (Phi) is 5.67. The zero-order valence-corrected chi connectivity index (χ0v) is 8.82. The van der Waals surface area contributed by atoms with Gasteiger partial charge in [-0.1, -0.05) is 25.4 Å². The van der Waals surface area contributed by atoms with Gasteiger partial charge in [0.05, 0.1) is 6.61 Å². The molecule has 1 aromatic carbocycles. The number of aliphatic hydroxyl groups excluding tert-OH is 1. The van der Waals surface area contributed by atoms with Gasteiger partial charge >= 0.3 is 0 Å². The molecule has 74 valence electrons. The molecule has 0 aromatic heterocycles. The monoisotopic (exact) mass is 204 g/mol. The molecular formula is C10H14ClFO. The number of rotatable bonds is 1. The number of aryl methyl sites for hydroxylation is 1. The van der Waals surface area contributed by atoms with E-state index in [2.05, 4.69) is 0 Å². The second-order valence-electron chi connectivity index (χ2n) is 2.35. The summed E-state index contributed by atoms with van der Waals surface area (Å²) in [4.78, 5) is 0. The summed E-state index contributed by atoms with van der Waals surface area (Å²) in [7, 11) is 0. The Labute approximate surface area is 83.2 Å². The van der Waals surface area contributed by atoms with Gasteiger partial charge in [-0.25, -0.2) is 4.39 Å². The molecule has 0 aliphatic carbocycles. The van der Waals surface area contributed by atoms with Crippen molar-refractivity contribution in [3.63, 3.8) is 0 Å². The van der Waals surface area contributed by atoms with Crippen molar-refractivity contribution in [2.24, 2.45) is 0 Å². The third kappa shape index (κ3) is 3.33. The zero-order valence-electron chi connectivity index (χ0n) is 8.06. The fourth-order valence-corrected chi connectivity index (χ4v) is 1.05. The maximum atomic E-state index is 12.7. The quantitative estimate of drug-likeness (QED) is 0.744. The van der Waals surface area contributed by atoms with Crippen LogP contribution in [0.2, 0.25) is 5.02 Å². The normalized spacial score (nSPS) is 9.08. The Balaban J connectivity index is 0.000000671. The van der Waals surface area contributed by atoms with Crippen LogP contribution in [0.25, 0.3) is 0 Å². The standard InChI is InChI=1S/C8H8ClFO.C2H6/c1-5-2-6(4-11)7(9)3-8(5)10;1-2/h2-3,11H,4H2,1H3;1-2H3. The molecular weight excluding hydrogens is 191 g/mol. The predicted molar refractivity (Wildman–Crippen MR) is 53.4 cm³/mol. The van der Waals surface area contributed by atoms with Crippen molar-refractivity contribution in [2.45, 2.75) is 27.4 Å². The Morgan fingerprint density at radius 3 is 2.38 bits per heavy atom. The van der Waals surface area contributed by atoms with Gasteiger partial charge in [0.2, 0.25) is 0 Å². The van der Waals surface area contributed by atoms with Gasteiger partial charge < -0.3 is 5.11 Å². The summed E-state index contributed by atoms with van der Waals surface area (Å²) in [5, 5.41) is 9.00. The summed E-state index contributed by atoms with van der Waals surface area (Å²) in [6.07, 6.45) is 0. The van der Waals surface area contributed by atoms with Gasteiger partial charge in [0.25, 0.3) is 0 Å². The smallest absolute Gasteiger partial charge is 0.127 e. The molecule has 0 aliphatic heterocycles. The molecule has 1 nitrogen and oxygen atoms in total. The largest absolute Gasteiger partial charge is 0.392 e. The number of hydrogen-bond acceptors (Lipinski definition) is 1. The topological polar surface area (TPSA) is 20.2 Å². The first-order valence-corrected chi connectivity index (χ1v) is 4.58. The molecule has 0 amide bonds. The predicted octanol–water partition coefficient (Wildman–Crippen LogP) is 3.31. The zero-order chi connectivity index (χ0) is 10.4. The molecule has 1 rings (SSSR count). The molecule has 1 aromatic rings. The molecule has 0 bridgehead atoms. The maximum Gasteiger partial charge on any atom is 0.127 e. The van der Waals surface area contributed by atoms with E-state index >= 15 is 0 Å². The van der Waals surface area contributed by atoms with Gasteiger partial charge in [-0.2, -0.15) is 0 Å². The molecule has 0 heterocycles. The first kappa shape index (κ1) is 12.4. The highest BCUT2D eigenvalue weighted by Crippen LogP contribution is 2.19. The van der Waals surface area contributed by atoms with Crippen molar-refractivity contribution in [1.29, 1.82) is 0 Å². The first-order valence-electron chi connectivity index (χ1n) is 4.20. The van der Waals surface area contributed by atoms with Crippen molar-refractivity contribution in [1.82, 2.24) is 0 Å². The fourth-order valence-electron chi connectivity index (χ4n) is 0.838. The molecule has 0 saturated heterocycles. The molecule has 0 saturated carbocycles. The maximum absolute atomic E-state index is 12.7. The second kappa shape index (κ2) is 5.95. The SMILES string of the molecule is CC.Cc1cc(CO)c(Cl)cc1F. The van der Waals surface area contributed by atoms with E-state index in [0.717, 1.165) is 0 Å². The van der Waals surface area contributed by atoms with Gasteiger partial charge in [-0.05, 0) is 30.2 Å². The Morgan fingerprint density at radius 2 is 1.92 bits per heavy atom. The Hall–Kier alpha value is -0.600. The highest BCUT2D eigenvalue weighted by molar-refractivity contribution is 6.31. The highest BCUT2D eigenvalue weighted by Gasteiger charge is 2.03. The van der Waals surface area contributed by atoms with E-state index in [1.165, 1.54) is 12.1 Å². The number of hydrogen-bond donors (Lipinski definition) is 1. The van der Waals surface area contributed by atoms with E-state index in [0.29, 0.717) is 11.1 Å². The number of halogens is 2. The van der Waals surface area contributed by atoms with Crippen molar-refractivity contribution in [2.75, 3.05) is 0 Å². The van der Waals surface area contributed by atoms with E-state index in [9.17, 15) is 4.39 Å². The van der Waals surface area contributed by atoms with Crippen LogP contribution in [-0.4, -0.2) is 5.11 Å². The molecule has 0 fully saturated rings.